The molecular formula is C23H16Cl4N8O2. The van der Waals surface area contributed by atoms with E-state index in [0.29, 0.717) is 17.1 Å². The molecule has 188 valence electrons. The van der Waals surface area contributed by atoms with E-state index in [1.165, 1.54) is 24.8 Å². The van der Waals surface area contributed by atoms with Crippen LogP contribution in [0.15, 0.2) is 55.2 Å². The van der Waals surface area contributed by atoms with Crippen molar-refractivity contribution in [3.63, 3.8) is 0 Å². The standard InChI is InChI=1S/C18H14Cl2N6O.C5H2Cl2N2O/c1-11(24-18(27)16-8-23-17(20)9-22-16)10-26-5-4-15(25-26)12-2-3-13(7-21)14(19)6-12;6-4-2-8-3(1-9-4)5(7)10/h2-6,8-9,11H,10H2,1H3,(H,24,27);1-2H/t11-;/m0./s1. The highest BCUT2D eigenvalue weighted by Crippen LogP contribution is 2.24. The minimum absolute atomic E-state index is 0.103. The summed E-state index contributed by atoms with van der Waals surface area (Å²) in [7, 11) is 0. The van der Waals surface area contributed by atoms with E-state index in [0.717, 1.165) is 11.3 Å². The lowest BCUT2D eigenvalue weighted by Gasteiger charge is -2.13. The summed E-state index contributed by atoms with van der Waals surface area (Å²) in [6, 6.07) is 8.84. The molecule has 1 amide bonds. The van der Waals surface area contributed by atoms with Gasteiger partial charge >= 0.3 is 0 Å². The van der Waals surface area contributed by atoms with Gasteiger partial charge in [0.05, 0.1) is 47.6 Å². The van der Waals surface area contributed by atoms with E-state index < -0.39 is 5.24 Å². The van der Waals surface area contributed by atoms with Gasteiger partial charge in [-0.3, -0.25) is 14.3 Å². The van der Waals surface area contributed by atoms with Gasteiger partial charge in [0.1, 0.15) is 27.8 Å². The van der Waals surface area contributed by atoms with Crippen molar-refractivity contribution in [3.8, 4) is 17.3 Å². The number of aromatic nitrogens is 6. The Hall–Kier alpha value is -3.62. The van der Waals surface area contributed by atoms with Gasteiger partial charge in [-0.05, 0) is 36.7 Å². The average Bonchev–Trinajstić information content (AvgIpc) is 3.33. The Morgan fingerprint density at radius 3 is 2.19 bits per heavy atom. The fourth-order valence-corrected chi connectivity index (χ4v) is 3.37. The average molecular weight is 578 g/mol. The van der Waals surface area contributed by atoms with E-state index in [2.05, 4.69) is 30.4 Å². The molecule has 0 aliphatic heterocycles. The van der Waals surface area contributed by atoms with Crippen molar-refractivity contribution in [2.24, 2.45) is 0 Å². The number of hydrogen-bond acceptors (Lipinski definition) is 8. The van der Waals surface area contributed by atoms with Gasteiger partial charge in [0.15, 0.2) is 0 Å². The first kappa shape index (κ1) is 28.0. The van der Waals surface area contributed by atoms with E-state index in [4.69, 9.17) is 51.7 Å². The third-order valence-electron chi connectivity index (χ3n) is 4.54. The monoisotopic (exact) mass is 576 g/mol. The molecule has 0 aliphatic carbocycles. The number of carbonyl (C=O) groups excluding carboxylic acids is 2. The lowest BCUT2D eigenvalue weighted by Crippen LogP contribution is -2.36. The van der Waals surface area contributed by atoms with Gasteiger partial charge < -0.3 is 5.32 Å². The fraction of sp³-hybridized carbons (Fsp3) is 0.130. The number of carbonyl (C=O) groups is 2. The molecule has 4 rings (SSSR count). The van der Waals surface area contributed by atoms with Crippen LogP contribution in [0, 0.1) is 11.3 Å². The molecule has 4 aromatic rings. The van der Waals surface area contributed by atoms with Crippen LogP contribution >= 0.6 is 46.4 Å². The van der Waals surface area contributed by atoms with Crippen LogP contribution in [-0.4, -0.2) is 46.9 Å². The molecule has 0 saturated heterocycles. The highest BCUT2D eigenvalue weighted by atomic mass is 35.5. The van der Waals surface area contributed by atoms with Crippen molar-refractivity contribution in [1.29, 1.82) is 5.26 Å². The predicted molar refractivity (Wildman–Crippen MR) is 139 cm³/mol. The number of hydrogen-bond donors (Lipinski definition) is 1. The van der Waals surface area contributed by atoms with E-state index in [-0.39, 0.29) is 33.6 Å². The number of nitrogens with one attached hydrogen (secondary N) is 1. The van der Waals surface area contributed by atoms with Crippen LogP contribution in [0.4, 0.5) is 0 Å². The van der Waals surface area contributed by atoms with Crippen molar-refractivity contribution in [1.82, 2.24) is 35.0 Å². The zero-order valence-corrected chi connectivity index (χ0v) is 22.0. The van der Waals surface area contributed by atoms with Crippen molar-refractivity contribution in [2.75, 3.05) is 0 Å². The molecule has 1 atom stereocenters. The number of nitrogens with zero attached hydrogens (tertiary/aromatic N) is 7. The highest BCUT2D eigenvalue weighted by molar-refractivity contribution is 6.67. The van der Waals surface area contributed by atoms with Gasteiger partial charge in [-0.15, -0.1) is 0 Å². The summed E-state index contributed by atoms with van der Waals surface area (Å²) in [5, 5.41) is 16.5. The molecule has 37 heavy (non-hydrogen) atoms. The Labute approximate surface area is 231 Å². The summed E-state index contributed by atoms with van der Waals surface area (Å²) < 4.78 is 1.72. The first-order valence-corrected chi connectivity index (χ1v) is 11.9. The maximum absolute atomic E-state index is 12.2. The quantitative estimate of drug-likeness (QED) is 0.321. The Balaban J connectivity index is 0.000000319. The minimum Gasteiger partial charge on any atom is -0.346 e. The van der Waals surface area contributed by atoms with Crippen molar-refractivity contribution in [2.45, 2.75) is 19.5 Å². The van der Waals surface area contributed by atoms with Gasteiger partial charge in [0.25, 0.3) is 11.1 Å². The molecule has 0 spiro atoms. The van der Waals surface area contributed by atoms with Gasteiger partial charge in [-0.2, -0.15) is 10.4 Å². The van der Waals surface area contributed by atoms with Crippen LogP contribution in [0.25, 0.3) is 11.3 Å². The van der Waals surface area contributed by atoms with E-state index in [9.17, 15) is 9.59 Å². The van der Waals surface area contributed by atoms with Crippen LogP contribution in [0.2, 0.25) is 15.3 Å². The van der Waals surface area contributed by atoms with Crippen LogP contribution in [0.5, 0.6) is 0 Å². The Kier molecular flexibility index (Phi) is 9.88. The number of halogens is 4. The molecule has 0 unspecified atom stereocenters. The first-order chi connectivity index (χ1) is 17.7. The highest BCUT2D eigenvalue weighted by Gasteiger charge is 2.13. The lowest BCUT2D eigenvalue weighted by atomic mass is 10.1. The molecule has 1 aromatic carbocycles. The summed E-state index contributed by atoms with van der Waals surface area (Å²) >= 11 is 22.2. The van der Waals surface area contributed by atoms with Crippen molar-refractivity contribution in [3.05, 3.63) is 87.5 Å². The van der Waals surface area contributed by atoms with Gasteiger partial charge in [-0.25, -0.2) is 19.9 Å². The number of amides is 1. The second-order valence-electron chi connectivity index (χ2n) is 7.33. The van der Waals surface area contributed by atoms with Crippen LogP contribution in [-0.2, 0) is 6.54 Å². The van der Waals surface area contributed by atoms with E-state index >= 15 is 0 Å². The summed E-state index contributed by atoms with van der Waals surface area (Å²) in [6.45, 7) is 2.33. The number of nitriles is 1. The molecule has 0 saturated carbocycles. The Morgan fingerprint density at radius 2 is 1.65 bits per heavy atom. The Morgan fingerprint density at radius 1 is 1.00 bits per heavy atom. The third kappa shape index (κ3) is 8.20. The number of rotatable bonds is 6. The topological polar surface area (TPSA) is 139 Å². The maximum Gasteiger partial charge on any atom is 0.272 e. The third-order valence-corrected chi connectivity index (χ3v) is 5.44. The molecule has 3 aromatic heterocycles. The van der Waals surface area contributed by atoms with Gasteiger partial charge in [0.2, 0.25) is 0 Å². The maximum atomic E-state index is 12.2. The molecule has 0 fully saturated rings. The summed E-state index contributed by atoms with van der Waals surface area (Å²) in [4.78, 5) is 37.5. The minimum atomic E-state index is -0.635. The zero-order valence-electron chi connectivity index (χ0n) is 18.9. The van der Waals surface area contributed by atoms with Crippen LogP contribution in [0.1, 0.15) is 33.5 Å². The molecule has 0 radical (unpaired) electrons. The first-order valence-electron chi connectivity index (χ1n) is 10.4. The van der Waals surface area contributed by atoms with Crippen LogP contribution in [0.3, 0.4) is 0 Å². The SMILES string of the molecule is C[C@@H](Cn1ccc(-c2ccc(C#N)c(Cl)c2)n1)NC(=O)c1cnc(Cl)cn1.O=C(Cl)c1cnc(Cl)cn1. The zero-order chi connectivity index (χ0) is 26.9. The normalized spacial score (nSPS) is 11.0. The predicted octanol–water partition coefficient (Wildman–Crippen LogP) is 4.85. The van der Waals surface area contributed by atoms with Gasteiger partial charge in [0, 0.05) is 17.8 Å². The molecule has 0 bridgehead atoms. The molecule has 0 aliphatic rings. The summed E-state index contributed by atoms with van der Waals surface area (Å²) in [6.07, 6.45) is 6.94. The Bertz CT molecular complexity index is 1440. The fourth-order valence-electron chi connectivity index (χ4n) is 2.85. The van der Waals surface area contributed by atoms with Crippen molar-refractivity contribution < 1.29 is 9.59 Å². The summed E-state index contributed by atoms with van der Waals surface area (Å²) in [5.41, 5.74) is 2.25. The second-order valence-corrected chi connectivity index (χ2v) is 8.85. The van der Waals surface area contributed by atoms with E-state index in [1.54, 1.807) is 22.9 Å². The number of benzene rings is 1. The van der Waals surface area contributed by atoms with E-state index in [1.807, 2.05) is 25.3 Å². The smallest absolute Gasteiger partial charge is 0.272 e. The largest absolute Gasteiger partial charge is 0.346 e. The molecule has 10 nitrogen and oxygen atoms in total. The molecule has 14 heteroatoms. The lowest BCUT2D eigenvalue weighted by molar-refractivity contribution is 0.0930. The summed E-state index contributed by atoms with van der Waals surface area (Å²) in [5.74, 6) is -0.335. The van der Waals surface area contributed by atoms with Gasteiger partial charge in [-0.1, -0.05) is 40.9 Å². The van der Waals surface area contributed by atoms with Crippen molar-refractivity contribution >= 4 is 57.6 Å². The molecule has 1 N–H and O–H groups in total. The van der Waals surface area contributed by atoms with Crippen LogP contribution < -0.4 is 5.32 Å². The molecule has 3 heterocycles. The second kappa shape index (κ2) is 13.1. The molecular weight excluding hydrogens is 562 g/mol.